The Kier molecular flexibility index (Phi) is 6.26. The molecule has 2 aliphatic rings. The molecule has 0 aromatic rings. The van der Waals surface area contributed by atoms with Crippen LogP contribution in [-0.2, 0) is 28.5 Å². The van der Waals surface area contributed by atoms with Crippen LogP contribution < -0.4 is 0 Å². The molecule has 2 aliphatic carbocycles. The van der Waals surface area contributed by atoms with Crippen molar-refractivity contribution in [1.29, 1.82) is 0 Å². The molecule has 0 spiro atoms. The van der Waals surface area contributed by atoms with E-state index in [1.165, 1.54) is 65.1 Å². The Morgan fingerprint density at radius 1 is 0.615 bits per heavy atom. The normalized spacial score (nSPS) is 17.2. The van der Waals surface area contributed by atoms with Gasteiger partial charge in [-0.2, -0.15) is 10.2 Å². The highest BCUT2D eigenvalue weighted by Gasteiger charge is 2.22. The average molecular weight is 358 g/mol. The van der Waals surface area contributed by atoms with Crippen LogP contribution in [0.3, 0.4) is 0 Å². The second kappa shape index (κ2) is 8.61. The fourth-order valence-corrected chi connectivity index (χ4v) is 2.15. The van der Waals surface area contributed by atoms with Gasteiger partial charge in [0.25, 0.3) is 11.6 Å². The lowest BCUT2D eigenvalue weighted by atomic mass is 10.1. The smallest absolute Gasteiger partial charge is 0.261 e. The molecule has 0 amide bonds. The van der Waals surface area contributed by atoms with E-state index in [0.717, 1.165) is 0 Å². The van der Waals surface area contributed by atoms with Crippen molar-refractivity contribution in [2.75, 3.05) is 28.4 Å². The summed E-state index contributed by atoms with van der Waals surface area (Å²) in [4.78, 5) is 23.7. The van der Waals surface area contributed by atoms with Crippen molar-refractivity contribution in [2.45, 2.75) is 0 Å². The molecule has 0 aliphatic heterocycles. The lowest BCUT2D eigenvalue weighted by Crippen LogP contribution is -2.13. The summed E-state index contributed by atoms with van der Waals surface area (Å²) in [5.74, 6) is -0.0868. The Morgan fingerprint density at radius 2 is 0.885 bits per heavy atom. The number of ketones is 2. The number of Topliss-reactive ketones (excluding diaryl/α,β-unsaturated/α-hetero) is 2. The SMILES string of the molecule is COC1=CC(=CN=NC=C2C=C(OC)C(=O)C(OC)=C2)C=C(OC)C1=O. The van der Waals surface area contributed by atoms with Crippen molar-refractivity contribution >= 4 is 11.6 Å². The van der Waals surface area contributed by atoms with Gasteiger partial charge in [0.05, 0.1) is 40.8 Å². The first-order valence-electron chi connectivity index (χ1n) is 7.46. The number of nitrogens with zero attached hydrogens (tertiary/aromatic N) is 2. The Hall–Kier alpha value is -3.42. The zero-order valence-corrected chi connectivity index (χ0v) is 14.8. The van der Waals surface area contributed by atoms with Gasteiger partial charge in [0.2, 0.25) is 0 Å². The third kappa shape index (κ3) is 4.15. The predicted molar refractivity (Wildman–Crippen MR) is 91.4 cm³/mol. The molecule has 0 fully saturated rings. The number of hydrogen-bond acceptors (Lipinski definition) is 8. The lowest BCUT2D eigenvalue weighted by molar-refractivity contribution is -0.118. The highest BCUT2D eigenvalue weighted by molar-refractivity contribution is 6.08. The maximum absolute atomic E-state index is 11.9. The first-order valence-corrected chi connectivity index (χ1v) is 7.46. The van der Waals surface area contributed by atoms with Crippen LogP contribution in [0.4, 0.5) is 0 Å². The molecule has 0 atom stereocenters. The van der Waals surface area contributed by atoms with Gasteiger partial charge in [0.15, 0.2) is 23.0 Å². The number of azo groups is 1. The summed E-state index contributed by atoms with van der Waals surface area (Å²) in [6, 6.07) is 0. The molecule has 8 heteroatoms. The van der Waals surface area contributed by atoms with E-state index in [9.17, 15) is 9.59 Å². The molecule has 0 unspecified atom stereocenters. The Morgan fingerprint density at radius 3 is 1.12 bits per heavy atom. The van der Waals surface area contributed by atoms with Gasteiger partial charge < -0.3 is 18.9 Å². The van der Waals surface area contributed by atoms with Crippen molar-refractivity contribution < 1.29 is 28.5 Å². The number of carbonyl (C=O) groups excluding carboxylic acids is 2. The van der Waals surface area contributed by atoms with Gasteiger partial charge in [0.1, 0.15) is 0 Å². The molecule has 0 aromatic carbocycles. The minimum Gasteiger partial charge on any atom is -0.492 e. The fourth-order valence-electron chi connectivity index (χ4n) is 2.15. The van der Waals surface area contributed by atoms with Gasteiger partial charge in [-0.05, 0) is 24.3 Å². The van der Waals surface area contributed by atoms with Crippen LogP contribution in [0.5, 0.6) is 0 Å². The van der Waals surface area contributed by atoms with Gasteiger partial charge in [-0.25, -0.2) is 0 Å². The molecule has 0 heterocycles. The van der Waals surface area contributed by atoms with Crippen LogP contribution in [0.2, 0.25) is 0 Å². The summed E-state index contributed by atoms with van der Waals surface area (Å²) in [6.45, 7) is 0. The topological polar surface area (TPSA) is 95.8 Å². The average Bonchev–Trinajstić information content (AvgIpc) is 2.66. The third-order valence-electron chi connectivity index (χ3n) is 3.45. The Bertz CT molecular complexity index is 705. The maximum Gasteiger partial charge on any atom is 0.261 e. The Balaban J connectivity index is 2.22. The standard InChI is InChI=1S/C18H18N2O6/c1-23-13-5-11(6-14(24-2)17(13)21)9-19-20-10-12-7-15(25-3)18(22)16(8-12)26-4/h5-10H,1-4H3. The number of allylic oxidation sites excluding steroid dienone is 6. The molecule has 0 saturated carbocycles. The minimum absolute atomic E-state index is 0.148. The van der Waals surface area contributed by atoms with Crippen molar-refractivity contribution in [3.8, 4) is 0 Å². The molecule has 2 rings (SSSR count). The number of ether oxygens (including phenoxy) is 4. The first-order chi connectivity index (χ1) is 12.5. The van der Waals surface area contributed by atoms with Crippen LogP contribution in [0, 0.1) is 0 Å². The highest BCUT2D eigenvalue weighted by atomic mass is 16.5. The molecular weight excluding hydrogens is 340 g/mol. The first kappa shape index (κ1) is 18.9. The molecule has 0 N–H and O–H groups in total. The van der Waals surface area contributed by atoms with Crippen molar-refractivity contribution in [2.24, 2.45) is 10.2 Å². The van der Waals surface area contributed by atoms with Gasteiger partial charge in [-0.3, -0.25) is 9.59 Å². The van der Waals surface area contributed by atoms with Gasteiger partial charge >= 0.3 is 0 Å². The van der Waals surface area contributed by atoms with Crippen LogP contribution in [0.15, 0.2) is 81.1 Å². The van der Waals surface area contributed by atoms with Crippen molar-refractivity contribution in [1.82, 2.24) is 0 Å². The van der Waals surface area contributed by atoms with E-state index in [-0.39, 0.29) is 34.6 Å². The van der Waals surface area contributed by atoms with E-state index in [0.29, 0.717) is 11.1 Å². The highest BCUT2D eigenvalue weighted by Crippen LogP contribution is 2.21. The van der Waals surface area contributed by atoms with Crippen LogP contribution in [0.1, 0.15) is 0 Å². The van der Waals surface area contributed by atoms with Crippen molar-refractivity contribution in [3.63, 3.8) is 0 Å². The molecule has 0 saturated heterocycles. The van der Waals surface area contributed by atoms with Crippen LogP contribution in [0.25, 0.3) is 0 Å². The predicted octanol–water partition coefficient (Wildman–Crippen LogP) is 2.49. The number of carbonyl (C=O) groups is 2. The fraction of sp³-hybridized carbons (Fsp3) is 0.222. The van der Waals surface area contributed by atoms with Gasteiger partial charge in [0, 0.05) is 11.1 Å². The largest absolute Gasteiger partial charge is 0.492 e. The van der Waals surface area contributed by atoms with E-state index >= 15 is 0 Å². The zero-order valence-electron chi connectivity index (χ0n) is 14.8. The summed E-state index contributed by atoms with van der Waals surface area (Å²) in [5.41, 5.74) is 1.17. The van der Waals surface area contributed by atoms with Gasteiger partial charge in [-0.15, -0.1) is 0 Å². The van der Waals surface area contributed by atoms with Crippen LogP contribution in [-0.4, -0.2) is 40.0 Å². The van der Waals surface area contributed by atoms with E-state index in [1.54, 1.807) is 0 Å². The quantitative estimate of drug-likeness (QED) is 0.677. The molecule has 26 heavy (non-hydrogen) atoms. The summed E-state index contributed by atoms with van der Waals surface area (Å²) < 4.78 is 20.1. The second-order valence-corrected chi connectivity index (χ2v) is 5.00. The van der Waals surface area contributed by atoms with E-state index in [2.05, 4.69) is 10.2 Å². The molecule has 0 bridgehead atoms. The monoisotopic (exact) mass is 358 g/mol. The molecular formula is C18H18N2O6. The third-order valence-corrected chi connectivity index (χ3v) is 3.45. The van der Waals surface area contributed by atoms with E-state index in [1.807, 2.05) is 0 Å². The summed E-state index contributed by atoms with van der Waals surface area (Å²) in [6.07, 6.45) is 9.00. The van der Waals surface area contributed by atoms with E-state index in [4.69, 9.17) is 18.9 Å². The number of hydrogen-bond donors (Lipinski definition) is 0. The van der Waals surface area contributed by atoms with Crippen molar-refractivity contribution in [3.05, 3.63) is 70.9 Å². The minimum atomic E-state index is -0.340. The maximum atomic E-state index is 11.9. The molecule has 0 radical (unpaired) electrons. The number of rotatable bonds is 6. The molecule has 8 nitrogen and oxygen atoms in total. The molecule has 136 valence electrons. The lowest BCUT2D eigenvalue weighted by Gasteiger charge is -2.13. The second-order valence-electron chi connectivity index (χ2n) is 5.00. The summed E-state index contributed by atoms with van der Waals surface area (Å²) in [7, 11) is 5.59. The molecule has 0 aromatic heterocycles. The zero-order chi connectivity index (χ0) is 19.1. The number of methoxy groups -OCH3 is 4. The summed E-state index contributed by atoms with van der Waals surface area (Å²) >= 11 is 0. The van der Waals surface area contributed by atoms with Crippen LogP contribution >= 0.6 is 0 Å². The van der Waals surface area contributed by atoms with E-state index < -0.39 is 0 Å². The Labute approximate surface area is 150 Å². The van der Waals surface area contributed by atoms with Gasteiger partial charge in [-0.1, -0.05) is 0 Å². The summed E-state index contributed by atoms with van der Waals surface area (Å²) in [5, 5.41) is 7.84.